The molecule has 63 valence electrons. The molecule has 1 saturated carbocycles. The van der Waals surface area contributed by atoms with Crippen molar-refractivity contribution in [1.29, 1.82) is 0 Å². The van der Waals surface area contributed by atoms with Crippen LogP contribution in [0.5, 0.6) is 0 Å². The molecule has 2 heteroatoms. The quantitative estimate of drug-likeness (QED) is 0.621. The van der Waals surface area contributed by atoms with E-state index in [-0.39, 0.29) is 11.2 Å². The Hall–Kier alpha value is -0.920. The molecule has 0 saturated heterocycles. The number of nitrogens with zero attached hydrogens (tertiary/aromatic N) is 1. The van der Waals surface area contributed by atoms with E-state index in [4.69, 9.17) is 0 Å². The molecule has 0 N–H and O–H groups in total. The first-order valence-electron chi connectivity index (χ1n) is 4.19. The Kier molecular flexibility index (Phi) is 1.63. The average molecular weight is 164 g/mol. The smallest absolute Gasteiger partial charge is 0.145 e. The largest absolute Gasteiger partial charge is 0.258 e. The molecule has 1 aromatic rings. The van der Waals surface area contributed by atoms with Crippen molar-refractivity contribution >= 4 is 0 Å². The van der Waals surface area contributed by atoms with Gasteiger partial charge in [-0.3, -0.25) is 4.98 Å². The molecule has 1 heterocycles. The number of hydrogen-bond donors (Lipinski definition) is 0. The molecule has 0 amide bonds. The van der Waals surface area contributed by atoms with Gasteiger partial charge in [-0.2, -0.15) is 0 Å². The van der Waals surface area contributed by atoms with Crippen LogP contribution < -0.4 is 0 Å². The van der Waals surface area contributed by atoms with E-state index < -0.39 is 0 Å². The van der Waals surface area contributed by atoms with Gasteiger partial charge in [0.15, 0.2) is 0 Å². The minimum atomic E-state index is -0.231. The van der Waals surface area contributed by atoms with E-state index in [9.17, 15) is 4.39 Å². The van der Waals surface area contributed by atoms with Crippen molar-refractivity contribution < 1.29 is 4.39 Å². The number of rotatable bonds is 1. The molecular weight excluding hydrogens is 153 g/mol. The molecule has 0 aromatic carbocycles. The van der Waals surface area contributed by atoms with Crippen molar-refractivity contribution in [1.82, 2.24) is 4.98 Å². The minimum absolute atomic E-state index is 0.216. The molecule has 1 aliphatic rings. The zero-order chi connectivity index (χ0) is 8.60. The molecule has 2 rings (SSSR count). The molecule has 0 bridgehead atoms. The van der Waals surface area contributed by atoms with Gasteiger partial charge in [0.1, 0.15) is 5.82 Å². The molecule has 1 nitrogen and oxygen atoms in total. The normalized spacial score (nSPS) is 20.2. The molecule has 1 radical (unpaired) electrons. The maximum atomic E-state index is 13.2. The van der Waals surface area contributed by atoms with Crippen LogP contribution in [0.4, 0.5) is 4.39 Å². The number of halogens is 1. The van der Waals surface area contributed by atoms with Crippen molar-refractivity contribution in [3.8, 4) is 0 Å². The molecule has 1 fully saturated rings. The average Bonchev–Trinajstić information content (AvgIpc) is 2.01. The zero-order valence-corrected chi connectivity index (χ0v) is 6.89. The van der Waals surface area contributed by atoms with Gasteiger partial charge in [-0.1, -0.05) is 6.42 Å². The van der Waals surface area contributed by atoms with Crippen molar-refractivity contribution in [2.45, 2.75) is 24.7 Å². The second-order valence-electron chi connectivity index (χ2n) is 3.47. The topological polar surface area (TPSA) is 12.9 Å². The van der Waals surface area contributed by atoms with E-state index >= 15 is 0 Å². The first kappa shape index (κ1) is 7.71. The molecular formula is C10H11FN. The summed E-state index contributed by atoms with van der Waals surface area (Å²) in [4.78, 5) is 4.03. The predicted octanol–water partition coefficient (Wildman–Crippen LogP) is 2.48. The molecule has 1 aliphatic carbocycles. The third-order valence-corrected chi connectivity index (χ3v) is 2.57. The molecule has 1 aromatic heterocycles. The lowest BCUT2D eigenvalue weighted by atomic mass is 9.68. The van der Waals surface area contributed by atoms with Crippen molar-refractivity contribution in [3.63, 3.8) is 0 Å². The highest BCUT2D eigenvalue weighted by Crippen LogP contribution is 2.42. The van der Waals surface area contributed by atoms with Crippen LogP contribution in [0.15, 0.2) is 18.3 Å². The lowest BCUT2D eigenvalue weighted by molar-refractivity contribution is 0.291. The summed E-state index contributed by atoms with van der Waals surface area (Å²) in [7, 11) is 0. The summed E-state index contributed by atoms with van der Waals surface area (Å²) < 4.78 is 13.2. The van der Waals surface area contributed by atoms with Crippen LogP contribution in [0.2, 0.25) is 0 Å². The number of aromatic nitrogens is 1. The summed E-state index contributed by atoms with van der Waals surface area (Å²) in [5, 5.41) is 0. The van der Waals surface area contributed by atoms with Gasteiger partial charge in [0.25, 0.3) is 0 Å². The highest BCUT2D eigenvalue weighted by atomic mass is 19.1. The van der Waals surface area contributed by atoms with Crippen LogP contribution >= 0.6 is 0 Å². The standard InChI is InChI=1S/C10H11FN/c1-10(5-3-6-10)9-8(11)4-2-7-12-9/h2,4,7H,1,3,5-6H2. The van der Waals surface area contributed by atoms with Gasteiger partial charge in [0.2, 0.25) is 0 Å². The van der Waals surface area contributed by atoms with Crippen molar-refractivity contribution in [2.75, 3.05) is 0 Å². The van der Waals surface area contributed by atoms with E-state index in [0.29, 0.717) is 5.69 Å². The van der Waals surface area contributed by atoms with E-state index in [1.807, 2.05) is 0 Å². The highest BCUT2D eigenvalue weighted by molar-refractivity contribution is 5.23. The van der Waals surface area contributed by atoms with Crippen LogP contribution in [0, 0.1) is 12.7 Å². The van der Waals surface area contributed by atoms with E-state index in [1.54, 1.807) is 12.3 Å². The molecule has 0 aliphatic heterocycles. The van der Waals surface area contributed by atoms with Gasteiger partial charge in [-0.05, 0) is 31.9 Å². The van der Waals surface area contributed by atoms with Crippen LogP contribution in [0.25, 0.3) is 0 Å². The number of hydrogen-bond acceptors (Lipinski definition) is 1. The molecule has 0 unspecified atom stereocenters. The predicted molar refractivity (Wildman–Crippen MR) is 45.1 cm³/mol. The summed E-state index contributed by atoms with van der Waals surface area (Å²) in [5.74, 6) is -0.216. The van der Waals surface area contributed by atoms with Crippen molar-refractivity contribution in [2.24, 2.45) is 0 Å². The van der Waals surface area contributed by atoms with E-state index in [1.165, 1.54) is 6.07 Å². The Balaban J connectivity index is 2.39. The van der Waals surface area contributed by atoms with Crippen LogP contribution in [0.1, 0.15) is 25.0 Å². The second kappa shape index (κ2) is 2.54. The maximum absolute atomic E-state index is 13.2. The fraction of sp³-hybridized carbons (Fsp3) is 0.400. The van der Waals surface area contributed by atoms with Gasteiger partial charge in [-0.25, -0.2) is 4.39 Å². The lowest BCUT2D eigenvalue weighted by Gasteiger charge is -2.37. The Bertz CT molecular complexity index is 292. The second-order valence-corrected chi connectivity index (χ2v) is 3.47. The zero-order valence-electron chi connectivity index (χ0n) is 6.89. The Morgan fingerprint density at radius 3 is 2.75 bits per heavy atom. The van der Waals surface area contributed by atoms with E-state index in [2.05, 4.69) is 11.9 Å². The minimum Gasteiger partial charge on any atom is -0.258 e. The molecule has 0 spiro atoms. The number of pyridine rings is 1. The van der Waals surface area contributed by atoms with Gasteiger partial charge >= 0.3 is 0 Å². The van der Waals surface area contributed by atoms with Gasteiger partial charge in [0.05, 0.1) is 5.69 Å². The Morgan fingerprint density at radius 2 is 2.25 bits per heavy atom. The van der Waals surface area contributed by atoms with Crippen LogP contribution in [-0.2, 0) is 5.41 Å². The van der Waals surface area contributed by atoms with Crippen LogP contribution in [-0.4, -0.2) is 4.98 Å². The lowest BCUT2D eigenvalue weighted by Crippen LogP contribution is -2.32. The SMILES string of the molecule is [CH2]C1(c2ncccc2F)CCC1. The Labute approximate surface area is 71.6 Å². The summed E-state index contributed by atoms with van der Waals surface area (Å²) >= 11 is 0. The maximum Gasteiger partial charge on any atom is 0.145 e. The summed E-state index contributed by atoms with van der Waals surface area (Å²) in [6.07, 6.45) is 4.69. The summed E-state index contributed by atoms with van der Waals surface area (Å²) in [6, 6.07) is 3.06. The first-order valence-corrected chi connectivity index (χ1v) is 4.19. The molecule has 12 heavy (non-hydrogen) atoms. The monoisotopic (exact) mass is 164 g/mol. The van der Waals surface area contributed by atoms with Gasteiger partial charge < -0.3 is 0 Å². The third kappa shape index (κ3) is 1.02. The highest BCUT2D eigenvalue weighted by Gasteiger charge is 2.36. The third-order valence-electron chi connectivity index (χ3n) is 2.57. The fourth-order valence-electron chi connectivity index (χ4n) is 1.62. The van der Waals surface area contributed by atoms with Gasteiger partial charge in [0, 0.05) is 11.6 Å². The van der Waals surface area contributed by atoms with Gasteiger partial charge in [-0.15, -0.1) is 0 Å². The molecule has 0 atom stereocenters. The van der Waals surface area contributed by atoms with Crippen LogP contribution in [0.3, 0.4) is 0 Å². The first-order chi connectivity index (χ1) is 5.72. The van der Waals surface area contributed by atoms with E-state index in [0.717, 1.165) is 19.3 Å². The fourth-order valence-corrected chi connectivity index (χ4v) is 1.62. The summed E-state index contributed by atoms with van der Waals surface area (Å²) in [6.45, 7) is 4.00. The Morgan fingerprint density at radius 1 is 1.50 bits per heavy atom. The summed E-state index contributed by atoms with van der Waals surface area (Å²) in [5.41, 5.74) is 0.307. The van der Waals surface area contributed by atoms with Crippen molar-refractivity contribution in [3.05, 3.63) is 36.8 Å².